The van der Waals surface area contributed by atoms with Gasteiger partial charge in [-0.05, 0) is 18.1 Å². The molecule has 0 fully saturated rings. The molecule has 19 heavy (non-hydrogen) atoms. The molecule has 0 saturated heterocycles. The summed E-state index contributed by atoms with van der Waals surface area (Å²) in [5.74, 6) is 2.57. The van der Waals surface area contributed by atoms with Gasteiger partial charge in [-0.25, -0.2) is 0 Å². The Morgan fingerprint density at radius 1 is 1.47 bits per heavy atom. The van der Waals surface area contributed by atoms with Crippen LogP contribution >= 0.6 is 0 Å². The molecule has 0 aromatic carbocycles. The van der Waals surface area contributed by atoms with E-state index in [9.17, 15) is 0 Å². The molecule has 2 unspecified atom stereocenters. The summed E-state index contributed by atoms with van der Waals surface area (Å²) in [7, 11) is 0. The molecule has 2 aromatic rings. The molecule has 2 atom stereocenters. The van der Waals surface area contributed by atoms with E-state index >= 15 is 0 Å². The monoisotopic (exact) mass is 257 g/mol. The molecule has 2 aromatic heterocycles. The minimum atomic E-state index is 0.104. The molecule has 0 saturated carbocycles. The van der Waals surface area contributed by atoms with E-state index in [0.717, 1.165) is 36.7 Å². The molecule has 0 aliphatic carbocycles. The van der Waals surface area contributed by atoms with E-state index in [2.05, 4.69) is 45.0 Å². The molecule has 1 aliphatic rings. The minimum Gasteiger partial charge on any atom is -0.312 e. The first kappa shape index (κ1) is 12.3. The second kappa shape index (κ2) is 5.09. The van der Waals surface area contributed by atoms with Crippen molar-refractivity contribution in [2.24, 2.45) is 0 Å². The van der Waals surface area contributed by atoms with Gasteiger partial charge in [0, 0.05) is 31.4 Å². The molecule has 3 heterocycles. The normalized spacial score (nSPS) is 20.0. The maximum atomic E-state index is 4.41. The van der Waals surface area contributed by atoms with Crippen molar-refractivity contribution in [1.29, 1.82) is 0 Å². The molecule has 5 heteroatoms. The first-order chi connectivity index (χ1) is 9.31. The number of nitrogens with zero attached hydrogens (tertiary/aromatic N) is 4. The number of fused-ring (bicyclic) bond motifs is 1. The van der Waals surface area contributed by atoms with Gasteiger partial charge in [0.2, 0.25) is 0 Å². The molecule has 0 spiro atoms. The number of nitrogens with one attached hydrogen (secondary N) is 1. The fraction of sp³-hybridized carbons (Fsp3) is 0.500. The summed E-state index contributed by atoms with van der Waals surface area (Å²) in [6.07, 6.45) is 4.77. The minimum absolute atomic E-state index is 0.104. The lowest BCUT2D eigenvalue weighted by Gasteiger charge is -2.26. The first-order valence-electron chi connectivity index (χ1n) is 6.87. The number of rotatable bonds is 3. The van der Waals surface area contributed by atoms with Gasteiger partial charge in [-0.1, -0.05) is 19.9 Å². The summed E-state index contributed by atoms with van der Waals surface area (Å²) >= 11 is 0. The van der Waals surface area contributed by atoms with Crippen molar-refractivity contribution in [3.8, 4) is 0 Å². The molecule has 5 nitrogen and oxygen atoms in total. The first-order valence-corrected chi connectivity index (χ1v) is 6.87. The van der Waals surface area contributed by atoms with Gasteiger partial charge in [0.1, 0.15) is 5.82 Å². The van der Waals surface area contributed by atoms with E-state index in [1.807, 2.05) is 12.3 Å². The van der Waals surface area contributed by atoms with Crippen LogP contribution in [0.4, 0.5) is 0 Å². The van der Waals surface area contributed by atoms with E-state index in [-0.39, 0.29) is 6.04 Å². The van der Waals surface area contributed by atoms with Crippen molar-refractivity contribution < 1.29 is 0 Å². The SMILES string of the molecule is CCC(C)c1nnc2n1CCNC2c1cccnc1. The van der Waals surface area contributed by atoms with E-state index in [1.165, 1.54) is 0 Å². The summed E-state index contributed by atoms with van der Waals surface area (Å²) in [5, 5.41) is 12.3. The van der Waals surface area contributed by atoms with Gasteiger partial charge in [0.05, 0.1) is 6.04 Å². The molecule has 0 radical (unpaired) electrons. The molecular weight excluding hydrogens is 238 g/mol. The number of aromatic nitrogens is 4. The molecule has 0 amide bonds. The van der Waals surface area contributed by atoms with Crippen molar-refractivity contribution in [2.45, 2.75) is 38.8 Å². The summed E-state index contributed by atoms with van der Waals surface area (Å²) in [5.41, 5.74) is 1.14. The number of hydrogen-bond acceptors (Lipinski definition) is 4. The summed E-state index contributed by atoms with van der Waals surface area (Å²) < 4.78 is 2.27. The van der Waals surface area contributed by atoms with E-state index < -0.39 is 0 Å². The molecule has 0 bridgehead atoms. The fourth-order valence-corrected chi connectivity index (χ4v) is 2.54. The van der Waals surface area contributed by atoms with Crippen molar-refractivity contribution in [2.75, 3.05) is 6.54 Å². The highest BCUT2D eigenvalue weighted by Gasteiger charge is 2.27. The predicted molar refractivity (Wildman–Crippen MR) is 72.8 cm³/mol. The topological polar surface area (TPSA) is 55.6 Å². The van der Waals surface area contributed by atoms with Crippen LogP contribution in [0.3, 0.4) is 0 Å². The fourth-order valence-electron chi connectivity index (χ4n) is 2.54. The number of pyridine rings is 1. The van der Waals surface area contributed by atoms with Crippen molar-refractivity contribution in [1.82, 2.24) is 25.1 Å². The Bertz CT molecular complexity index is 548. The zero-order chi connectivity index (χ0) is 13.2. The Labute approximate surface area is 113 Å². The summed E-state index contributed by atoms with van der Waals surface area (Å²) in [6.45, 7) is 6.27. The lowest BCUT2D eigenvalue weighted by atomic mass is 10.1. The molecule has 1 aliphatic heterocycles. The van der Waals surface area contributed by atoms with E-state index in [0.29, 0.717) is 5.92 Å². The Morgan fingerprint density at radius 3 is 3.11 bits per heavy atom. The van der Waals surface area contributed by atoms with Crippen LogP contribution in [0.25, 0.3) is 0 Å². The standard InChI is InChI=1S/C14H19N5/c1-3-10(2)13-17-18-14-12(16-7-8-19(13)14)11-5-4-6-15-9-11/h4-6,9-10,12,16H,3,7-8H2,1-2H3. The van der Waals surface area contributed by atoms with Crippen molar-refractivity contribution >= 4 is 0 Å². The molecular formula is C14H19N5. The Balaban J connectivity index is 2.00. The van der Waals surface area contributed by atoms with Crippen LogP contribution in [-0.4, -0.2) is 26.3 Å². The lowest BCUT2D eigenvalue weighted by Crippen LogP contribution is -2.35. The quantitative estimate of drug-likeness (QED) is 0.912. The second-order valence-corrected chi connectivity index (χ2v) is 5.05. The molecule has 100 valence electrons. The second-order valence-electron chi connectivity index (χ2n) is 5.05. The van der Waals surface area contributed by atoms with Crippen LogP contribution in [0, 0.1) is 0 Å². The Kier molecular flexibility index (Phi) is 3.29. The largest absolute Gasteiger partial charge is 0.312 e. The molecule has 1 N–H and O–H groups in total. The third-order valence-corrected chi connectivity index (χ3v) is 3.82. The van der Waals surface area contributed by atoms with Gasteiger partial charge < -0.3 is 9.88 Å². The maximum Gasteiger partial charge on any atom is 0.154 e. The van der Waals surface area contributed by atoms with Gasteiger partial charge in [-0.15, -0.1) is 10.2 Å². The van der Waals surface area contributed by atoms with Crippen molar-refractivity contribution in [3.63, 3.8) is 0 Å². The highest BCUT2D eigenvalue weighted by Crippen LogP contribution is 2.26. The van der Waals surface area contributed by atoms with Crippen LogP contribution in [-0.2, 0) is 6.54 Å². The van der Waals surface area contributed by atoms with Gasteiger partial charge in [-0.3, -0.25) is 4.98 Å². The number of hydrogen-bond donors (Lipinski definition) is 1. The lowest BCUT2D eigenvalue weighted by molar-refractivity contribution is 0.439. The van der Waals surface area contributed by atoms with Crippen LogP contribution < -0.4 is 5.32 Å². The predicted octanol–water partition coefficient (Wildman–Crippen LogP) is 1.88. The molecule has 3 rings (SSSR count). The summed E-state index contributed by atoms with van der Waals surface area (Å²) in [4.78, 5) is 4.19. The third-order valence-electron chi connectivity index (χ3n) is 3.82. The average Bonchev–Trinajstić information content (AvgIpc) is 2.91. The third kappa shape index (κ3) is 2.14. The zero-order valence-electron chi connectivity index (χ0n) is 11.4. The van der Waals surface area contributed by atoms with E-state index in [1.54, 1.807) is 6.20 Å². The Morgan fingerprint density at radius 2 is 2.37 bits per heavy atom. The van der Waals surface area contributed by atoms with Gasteiger partial charge >= 0.3 is 0 Å². The zero-order valence-corrected chi connectivity index (χ0v) is 11.4. The van der Waals surface area contributed by atoms with Gasteiger partial charge in [0.15, 0.2) is 5.82 Å². The highest BCUT2D eigenvalue weighted by atomic mass is 15.3. The van der Waals surface area contributed by atoms with Crippen LogP contribution in [0.1, 0.15) is 49.4 Å². The van der Waals surface area contributed by atoms with Crippen LogP contribution in [0.2, 0.25) is 0 Å². The van der Waals surface area contributed by atoms with E-state index in [4.69, 9.17) is 0 Å². The maximum absolute atomic E-state index is 4.41. The van der Waals surface area contributed by atoms with Gasteiger partial charge in [-0.2, -0.15) is 0 Å². The highest BCUT2D eigenvalue weighted by molar-refractivity contribution is 5.23. The van der Waals surface area contributed by atoms with Crippen molar-refractivity contribution in [3.05, 3.63) is 41.7 Å². The Hall–Kier alpha value is -1.75. The average molecular weight is 257 g/mol. The van der Waals surface area contributed by atoms with Gasteiger partial charge in [0.25, 0.3) is 0 Å². The van der Waals surface area contributed by atoms with Crippen LogP contribution in [0.5, 0.6) is 0 Å². The smallest absolute Gasteiger partial charge is 0.154 e. The summed E-state index contributed by atoms with van der Waals surface area (Å²) in [6, 6.07) is 4.15. The van der Waals surface area contributed by atoms with Crippen LogP contribution in [0.15, 0.2) is 24.5 Å².